The van der Waals surface area contributed by atoms with Gasteiger partial charge in [-0.15, -0.1) is 0 Å². The van der Waals surface area contributed by atoms with Crippen LogP contribution >= 0.6 is 15.9 Å². The van der Waals surface area contributed by atoms with Gasteiger partial charge in [0, 0.05) is 12.0 Å². The van der Waals surface area contributed by atoms with Crippen molar-refractivity contribution in [3.63, 3.8) is 0 Å². The summed E-state index contributed by atoms with van der Waals surface area (Å²) in [5.74, 6) is 1.88. The van der Waals surface area contributed by atoms with E-state index in [1.54, 1.807) is 11.0 Å². The van der Waals surface area contributed by atoms with Gasteiger partial charge in [-0.3, -0.25) is 0 Å². The molecular weight excluding hydrogens is 282 g/mol. The van der Waals surface area contributed by atoms with Crippen LogP contribution in [0.15, 0.2) is 10.7 Å². The molecule has 0 N–H and O–H groups in total. The van der Waals surface area contributed by atoms with Gasteiger partial charge in [0.25, 0.3) is 0 Å². The van der Waals surface area contributed by atoms with Gasteiger partial charge < -0.3 is 4.90 Å². The van der Waals surface area contributed by atoms with Crippen molar-refractivity contribution in [3.05, 3.63) is 16.5 Å². The van der Waals surface area contributed by atoms with Crippen LogP contribution in [0.2, 0.25) is 0 Å². The Balaban J connectivity index is 2.29. The van der Waals surface area contributed by atoms with Gasteiger partial charge in [0.1, 0.15) is 29.3 Å². The molecule has 0 radical (unpaired) electrons. The molecule has 0 atom stereocenters. The molecule has 2 rings (SSSR count). The first-order chi connectivity index (χ1) is 8.24. The van der Waals surface area contributed by atoms with Crippen LogP contribution in [-0.4, -0.2) is 23.1 Å². The maximum Gasteiger partial charge on any atom is 0.135 e. The molecular formula is C11H10BrN5. The molecule has 1 aliphatic rings. The van der Waals surface area contributed by atoms with E-state index >= 15 is 0 Å². The molecule has 5 nitrogen and oxygen atoms in total. The lowest BCUT2D eigenvalue weighted by molar-refractivity contribution is 0.864. The molecule has 1 fully saturated rings. The summed E-state index contributed by atoms with van der Waals surface area (Å²) in [6, 6.07) is 5.80. The van der Waals surface area contributed by atoms with Crippen molar-refractivity contribution in [1.82, 2.24) is 9.97 Å². The van der Waals surface area contributed by atoms with Gasteiger partial charge in [0.05, 0.1) is 12.1 Å². The second-order valence-corrected chi connectivity index (χ2v) is 4.67. The molecule has 0 amide bonds. The van der Waals surface area contributed by atoms with Crippen LogP contribution in [0.1, 0.15) is 24.6 Å². The summed E-state index contributed by atoms with van der Waals surface area (Å²) in [5.41, 5.74) is 0. The average molecular weight is 292 g/mol. The Morgan fingerprint density at radius 1 is 1.29 bits per heavy atom. The lowest BCUT2D eigenvalue weighted by Gasteiger charge is -2.17. The highest BCUT2D eigenvalue weighted by atomic mass is 79.9. The molecule has 1 saturated carbocycles. The normalized spacial score (nSPS) is 13.8. The first kappa shape index (κ1) is 11.8. The lowest BCUT2D eigenvalue weighted by Crippen LogP contribution is -2.25. The Morgan fingerprint density at radius 3 is 2.47 bits per heavy atom. The van der Waals surface area contributed by atoms with Crippen molar-refractivity contribution >= 4 is 21.7 Å². The molecule has 1 heterocycles. The minimum Gasteiger partial charge on any atom is -0.330 e. The second-order valence-electron chi connectivity index (χ2n) is 3.85. The van der Waals surface area contributed by atoms with Gasteiger partial charge >= 0.3 is 0 Å². The van der Waals surface area contributed by atoms with Crippen LogP contribution in [0.5, 0.6) is 0 Å². The summed E-state index contributed by atoms with van der Waals surface area (Å²) in [5, 5.41) is 17.5. The van der Waals surface area contributed by atoms with Crippen molar-refractivity contribution in [2.24, 2.45) is 0 Å². The molecule has 86 valence electrons. The second kappa shape index (κ2) is 5.11. The predicted molar refractivity (Wildman–Crippen MR) is 65.1 cm³/mol. The molecule has 1 aliphatic carbocycles. The zero-order valence-electron chi connectivity index (χ0n) is 9.10. The fourth-order valence-corrected chi connectivity index (χ4v) is 1.88. The molecule has 1 aromatic heterocycles. The summed E-state index contributed by atoms with van der Waals surface area (Å²) in [6.45, 7) is 0.308. The minimum absolute atomic E-state index is 0.154. The van der Waals surface area contributed by atoms with E-state index in [2.05, 4.69) is 25.9 Å². The highest BCUT2D eigenvalue weighted by Crippen LogP contribution is 2.39. The minimum atomic E-state index is 0.154. The molecule has 0 saturated heterocycles. The Hall–Kier alpha value is -1.66. The van der Waals surface area contributed by atoms with Gasteiger partial charge in [0.15, 0.2) is 0 Å². The topological polar surface area (TPSA) is 76.6 Å². The summed E-state index contributed by atoms with van der Waals surface area (Å²) in [6.07, 6.45) is 2.23. The molecule has 17 heavy (non-hydrogen) atoms. The SMILES string of the molecule is N#CCN(CC#N)c1cc(Br)nc(C2CC2)n1. The van der Waals surface area contributed by atoms with Crippen LogP contribution in [0, 0.1) is 22.7 Å². The Morgan fingerprint density at radius 2 is 1.94 bits per heavy atom. The van der Waals surface area contributed by atoms with Crippen LogP contribution < -0.4 is 4.90 Å². The fourth-order valence-electron chi connectivity index (χ4n) is 1.50. The molecule has 0 unspecified atom stereocenters. The quantitative estimate of drug-likeness (QED) is 0.626. The third-order valence-electron chi connectivity index (χ3n) is 2.49. The number of nitrogens with zero attached hydrogens (tertiary/aromatic N) is 5. The first-order valence-corrected chi connectivity index (χ1v) is 6.07. The van der Waals surface area contributed by atoms with Crippen molar-refractivity contribution in [2.45, 2.75) is 18.8 Å². The fraction of sp³-hybridized carbons (Fsp3) is 0.455. The summed E-state index contributed by atoms with van der Waals surface area (Å²) in [4.78, 5) is 10.4. The summed E-state index contributed by atoms with van der Waals surface area (Å²) >= 11 is 3.34. The third kappa shape index (κ3) is 2.92. The van der Waals surface area contributed by atoms with Gasteiger partial charge in [-0.2, -0.15) is 10.5 Å². The maximum atomic E-state index is 8.73. The Kier molecular flexibility index (Phi) is 3.55. The zero-order chi connectivity index (χ0) is 12.3. The van der Waals surface area contributed by atoms with E-state index in [1.807, 2.05) is 12.1 Å². The van der Waals surface area contributed by atoms with Gasteiger partial charge in [-0.1, -0.05) is 0 Å². The van der Waals surface area contributed by atoms with E-state index in [4.69, 9.17) is 10.5 Å². The monoisotopic (exact) mass is 291 g/mol. The summed E-state index contributed by atoms with van der Waals surface area (Å²) in [7, 11) is 0. The first-order valence-electron chi connectivity index (χ1n) is 5.28. The van der Waals surface area contributed by atoms with Gasteiger partial charge in [-0.25, -0.2) is 9.97 Å². The van der Waals surface area contributed by atoms with E-state index in [-0.39, 0.29) is 13.1 Å². The highest BCUT2D eigenvalue weighted by molar-refractivity contribution is 9.10. The lowest BCUT2D eigenvalue weighted by atomic mass is 10.3. The van der Waals surface area contributed by atoms with Gasteiger partial charge in [-0.05, 0) is 28.8 Å². The summed E-state index contributed by atoms with van der Waals surface area (Å²) < 4.78 is 0.699. The van der Waals surface area contributed by atoms with E-state index in [9.17, 15) is 0 Å². The number of aromatic nitrogens is 2. The number of hydrogen-bond donors (Lipinski definition) is 0. The molecule has 6 heteroatoms. The number of hydrogen-bond acceptors (Lipinski definition) is 5. The molecule has 0 spiro atoms. The number of rotatable bonds is 4. The van der Waals surface area contributed by atoms with Crippen molar-refractivity contribution in [2.75, 3.05) is 18.0 Å². The van der Waals surface area contributed by atoms with Crippen LogP contribution in [0.3, 0.4) is 0 Å². The molecule has 0 bridgehead atoms. The number of halogens is 1. The largest absolute Gasteiger partial charge is 0.330 e. The van der Waals surface area contributed by atoms with Crippen molar-refractivity contribution < 1.29 is 0 Å². The Labute approximate surface area is 108 Å². The average Bonchev–Trinajstić information content (AvgIpc) is 3.12. The standard InChI is InChI=1S/C11H10BrN5/c12-9-7-10(17(5-3-13)6-4-14)16-11(15-9)8-1-2-8/h7-8H,1-2,5-6H2. The predicted octanol–water partition coefficient (Wildman–Crippen LogP) is 1.97. The Bertz CT molecular complexity index is 482. The van der Waals surface area contributed by atoms with Crippen LogP contribution in [0.4, 0.5) is 5.82 Å². The van der Waals surface area contributed by atoms with Gasteiger partial charge in [0.2, 0.25) is 0 Å². The number of nitriles is 2. The number of anilines is 1. The molecule has 0 aliphatic heterocycles. The van der Waals surface area contributed by atoms with E-state index in [0.717, 1.165) is 18.7 Å². The van der Waals surface area contributed by atoms with Crippen molar-refractivity contribution in [3.8, 4) is 12.1 Å². The highest BCUT2D eigenvalue weighted by Gasteiger charge is 2.27. The zero-order valence-corrected chi connectivity index (χ0v) is 10.7. The third-order valence-corrected chi connectivity index (χ3v) is 2.89. The molecule has 1 aromatic rings. The van der Waals surface area contributed by atoms with Crippen LogP contribution in [-0.2, 0) is 0 Å². The van der Waals surface area contributed by atoms with E-state index in [0.29, 0.717) is 16.3 Å². The van der Waals surface area contributed by atoms with E-state index < -0.39 is 0 Å². The maximum absolute atomic E-state index is 8.73. The molecule has 0 aromatic carbocycles. The van der Waals surface area contributed by atoms with Crippen molar-refractivity contribution in [1.29, 1.82) is 10.5 Å². The van der Waals surface area contributed by atoms with E-state index in [1.165, 1.54) is 0 Å². The van der Waals surface area contributed by atoms with Crippen LogP contribution in [0.25, 0.3) is 0 Å². The smallest absolute Gasteiger partial charge is 0.135 e.